The van der Waals surface area contributed by atoms with Crippen LogP contribution in [0, 0.1) is 30.9 Å². The van der Waals surface area contributed by atoms with Gasteiger partial charge in [-0.25, -0.2) is 23.0 Å². The van der Waals surface area contributed by atoms with Gasteiger partial charge in [0.05, 0.1) is 17.8 Å². The maximum absolute atomic E-state index is 14.7. The summed E-state index contributed by atoms with van der Waals surface area (Å²) < 4.78 is 43.3. The number of aromatic amines is 1. The smallest absolute Gasteiger partial charge is 0.221 e. The van der Waals surface area contributed by atoms with E-state index in [1.54, 1.807) is 6.92 Å². The van der Waals surface area contributed by atoms with Gasteiger partial charge in [-0.15, -0.1) is 0 Å². The largest absolute Gasteiger partial charge is 0.372 e. The summed E-state index contributed by atoms with van der Waals surface area (Å²) in [5.41, 5.74) is 2.11. The number of rotatable bonds is 3. The first-order valence-electron chi connectivity index (χ1n) is 10.7. The Balaban J connectivity index is 1.75. The predicted molar refractivity (Wildman–Crippen MR) is 122 cm³/mol. The van der Waals surface area contributed by atoms with E-state index in [9.17, 15) is 13.2 Å². The minimum absolute atomic E-state index is 0.0545. The van der Waals surface area contributed by atoms with Gasteiger partial charge in [-0.05, 0) is 56.0 Å². The van der Waals surface area contributed by atoms with Gasteiger partial charge in [0, 0.05) is 35.4 Å². The SMILES string of the molecule is [C-]#[N+]c1c(-c2c(F)ccc(F)c2F)nc2n[nH]c(C)c2c1-c1ccc(N2CCCCC2)cc1. The number of fused-ring (bicyclic) bond motifs is 1. The third kappa shape index (κ3) is 3.50. The standard InChI is InChI=1S/C25H20F3N5/c1-14-19-20(15-6-8-16(9-7-15)33-12-4-3-5-13-33)23(29-2)24(30-25(19)32-31-14)21-17(26)10-11-18(27)22(21)28/h6-11H,3-5,12-13H2,1H3,(H,30,31,32). The molecular weight excluding hydrogens is 427 g/mol. The first kappa shape index (κ1) is 21.0. The Morgan fingerprint density at radius 2 is 1.64 bits per heavy atom. The van der Waals surface area contributed by atoms with Crippen molar-refractivity contribution in [3.05, 3.63) is 71.0 Å². The van der Waals surface area contributed by atoms with Gasteiger partial charge >= 0.3 is 0 Å². The molecule has 8 heteroatoms. The van der Waals surface area contributed by atoms with E-state index in [2.05, 4.69) is 24.9 Å². The number of piperidine rings is 1. The first-order chi connectivity index (χ1) is 16.0. The average molecular weight is 447 g/mol. The van der Waals surface area contributed by atoms with E-state index in [0.29, 0.717) is 28.3 Å². The summed E-state index contributed by atoms with van der Waals surface area (Å²) in [6, 6.07) is 9.29. The average Bonchev–Trinajstić information content (AvgIpc) is 3.21. The van der Waals surface area contributed by atoms with E-state index < -0.39 is 23.0 Å². The van der Waals surface area contributed by atoms with Crippen LogP contribution in [0.3, 0.4) is 0 Å². The van der Waals surface area contributed by atoms with Crippen molar-refractivity contribution < 1.29 is 13.2 Å². The molecule has 33 heavy (non-hydrogen) atoms. The summed E-state index contributed by atoms with van der Waals surface area (Å²) in [4.78, 5) is 10.2. The van der Waals surface area contributed by atoms with Crippen LogP contribution in [0.25, 0.3) is 38.3 Å². The van der Waals surface area contributed by atoms with Gasteiger partial charge in [-0.1, -0.05) is 12.1 Å². The van der Waals surface area contributed by atoms with Crippen molar-refractivity contribution in [2.24, 2.45) is 0 Å². The number of H-pyrrole nitrogens is 1. The summed E-state index contributed by atoms with van der Waals surface area (Å²) >= 11 is 0. The van der Waals surface area contributed by atoms with Crippen LogP contribution >= 0.6 is 0 Å². The normalized spacial score (nSPS) is 14.0. The second-order valence-corrected chi connectivity index (χ2v) is 8.16. The van der Waals surface area contributed by atoms with E-state index in [1.165, 1.54) is 6.42 Å². The lowest BCUT2D eigenvalue weighted by Gasteiger charge is -2.29. The highest BCUT2D eigenvalue weighted by atomic mass is 19.2. The number of nitrogens with one attached hydrogen (secondary N) is 1. The molecule has 3 heterocycles. The Labute approximate surface area is 188 Å². The van der Waals surface area contributed by atoms with Crippen LogP contribution in [0.15, 0.2) is 36.4 Å². The first-order valence-corrected chi connectivity index (χ1v) is 10.7. The van der Waals surface area contributed by atoms with Crippen LogP contribution < -0.4 is 4.90 Å². The third-order valence-corrected chi connectivity index (χ3v) is 6.13. The summed E-state index contributed by atoms with van der Waals surface area (Å²) in [6.45, 7) is 11.6. The molecule has 0 bridgehead atoms. The van der Waals surface area contributed by atoms with Crippen LogP contribution in [0.5, 0.6) is 0 Å². The molecule has 0 amide bonds. The Hall–Kier alpha value is -3.86. The lowest BCUT2D eigenvalue weighted by molar-refractivity contribution is 0.498. The summed E-state index contributed by atoms with van der Waals surface area (Å²) in [5, 5.41) is 7.58. The number of hydrogen-bond acceptors (Lipinski definition) is 3. The van der Waals surface area contributed by atoms with Gasteiger partial charge in [0.1, 0.15) is 5.82 Å². The number of aromatic nitrogens is 3. The zero-order valence-electron chi connectivity index (χ0n) is 17.9. The Morgan fingerprint density at radius 3 is 2.33 bits per heavy atom. The molecule has 1 fully saturated rings. The molecule has 5 rings (SSSR count). The number of halogens is 3. The monoisotopic (exact) mass is 447 g/mol. The van der Waals surface area contributed by atoms with Gasteiger partial charge in [-0.3, -0.25) is 5.10 Å². The quantitative estimate of drug-likeness (QED) is 0.286. The number of pyridine rings is 1. The number of nitrogens with zero attached hydrogens (tertiary/aromatic N) is 4. The topological polar surface area (TPSA) is 49.2 Å². The van der Waals surface area contributed by atoms with Crippen LogP contribution in [0.2, 0.25) is 0 Å². The second kappa shape index (κ2) is 8.24. The molecule has 166 valence electrons. The van der Waals surface area contributed by atoms with Crippen molar-refractivity contribution in [2.75, 3.05) is 18.0 Å². The van der Waals surface area contributed by atoms with E-state index in [4.69, 9.17) is 6.57 Å². The van der Waals surface area contributed by atoms with Crippen molar-refractivity contribution in [1.82, 2.24) is 15.2 Å². The lowest BCUT2D eigenvalue weighted by atomic mass is 9.96. The fraction of sp³-hybridized carbons (Fsp3) is 0.240. The second-order valence-electron chi connectivity index (χ2n) is 8.16. The van der Waals surface area contributed by atoms with Gasteiger partial charge in [0.15, 0.2) is 17.3 Å². The van der Waals surface area contributed by atoms with Crippen molar-refractivity contribution in [3.8, 4) is 22.4 Å². The van der Waals surface area contributed by atoms with Gasteiger partial charge in [0.2, 0.25) is 5.69 Å². The molecule has 0 saturated carbocycles. The molecule has 4 aromatic rings. The zero-order chi connectivity index (χ0) is 23.1. The minimum atomic E-state index is -1.38. The summed E-state index contributed by atoms with van der Waals surface area (Å²) in [7, 11) is 0. The van der Waals surface area contributed by atoms with Crippen molar-refractivity contribution >= 4 is 22.4 Å². The highest BCUT2D eigenvalue weighted by Gasteiger charge is 2.26. The predicted octanol–water partition coefficient (Wildman–Crippen LogP) is 6.56. The van der Waals surface area contributed by atoms with E-state index in [0.717, 1.165) is 37.7 Å². The zero-order valence-corrected chi connectivity index (χ0v) is 17.9. The Bertz CT molecular complexity index is 1400. The molecular formula is C25H20F3N5. The number of hydrogen-bond donors (Lipinski definition) is 1. The molecule has 2 aromatic heterocycles. The number of anilines is 1. The summed E-state index contributed by atoms with van der Waals surface area (Å²) in [5.74, 6) is -3.59. The molecule has 5 nitrogen and oxygen atoms in total. The van der Waals surface area contributed by atoms with Crippen LogP contribution in [-0.2, 0) is 0 Å². The number of benzene rings is 2. The van der Waals surface area contributed by atoms with Gasteiger partial charge in [-0.2, -0.15) is 5.10 Å². The molecule has 0 aliphatic carbocycles. The maximum atomic E-state index is 14.7. The molecule has 0 atom stereocenters. The molecule has 1 aliphatic heterocycles. The molecule has 1 aliphatic rings. The third-order valence-electron chi connectivity index (χ3n) is 6.13. The molecule has 0 unspecified atom stereocenters. The van der Waals surface area contributed by atoms with E-state index in [1.807, 2.05) is 24.3 Å². The maximum Gasteiger partial charge on any atom is 0.221 e. The highest BCUT2D eigenvalue weighted by Crippen LogP contribution is 2.45. The van der Waals surface area contributed by atoms with E-state index >= 15 is 0 Å². The lowest BCUT2D eigenvalue weighted by Crippen LogP contribution is -2.29. The Morgan fingerprint density at radius 1 is 0.939 bits per heavy atom. The fourth-order valence-corrected chi connectivity index (χ4v) is 4.49. The van der Waals surface area contributed by atoms with Crippen LogP contribution in [0.4, 0.5) is 24.5 Å². The van der Waals surface area contributed by atoms with Crippen LogP contribution in [-0.4, -0.2) is 28.3 Å². The van der Waals surface area contributed by atoms with Crippen molar-refractivity contribution in [2.45, 2.75) is 26.2 Å². The number of aryl methyl sites for hydroxylation is 1. The van der Waals surface area contributed by atoms with Crippen molar-refractivity contribution in [3.63, 3.8) is 0 Å². The van der Waals surface area contributed by atoms with Crippen molar-refractivity contribution in [1.29, 1.82) is 0 Å². The fourth-order valence-electron chi connectivity index (χ4n) is 4.49. The molecule has 1 N–H and O–H groups in total. The Kier molecular flexibility index (Phi) is 5.25. The van der Waals surface area contributed by atoms with Gasteiger partial charge < -0.3 is 4.90 Å². The molecule has 0 spiro atoms. The summed E-state index contributed by atoms with van der Waals surface area (Å²) in [6.07, 6.45) is 3.53. The van der Waals surface area contributed by atoms with Gasteiger partial charge in [0.25, 0.3) is 0 Å². The highest BCUT2D eigenvalue weighted by molar-refractivity contribution is 6.06. The minimum Gasteiger partial charge on any atom is -0.372 e. The molecule has 0 radical (unpaired) electrons. The molecule has 1 saturated heterocycles. The van der Waals surface area contributed by atoms with Crippen LogP contribution in [0.1, 0.15) is 25.0 Å². The molecule has 2 aromatic carbocycles. The van der Waals surface area contributed by atoms with E-state index in [-0.39, 0.29) is 17.0 Å².